The molecule has 0 unspecified atom stereocenters. The van der Waals surface area contributed by atoms with Gasteiger partial charge in [0.2, 0.25) is 11.0 Å². The van der Waals surface area contributed by atoms with Crippen molar-refractivity contribution in [1.29, 1.82) is 0 Å². The van der Waals surface area contributed by atoms with E-state index in [0.29, 0.717) is 14.4 Å². The molecular formula is C14H15F3N4O2S2. The molecule has 0 aliphatic heterocycles. The molecule has 0 aliphatic carbocycles. The highest BCUT2D eigenvalue weighted by Crippen LogP contribution is 2.32. The van der Waals surface area contributed by atoms with E-state index in [9.17, 15) is 18.0 Å². The summed E-state index contributed by atoms with van der Waals surface area (Å²) >= 11 is 2.25. The van der Waals surface area contributed by atoms with Gasteiger partial charge in [0.25, 0.3) is 0 Å². The number of hydrogen-bond acceptors (Lipinski definition) is 7. The number of carbonyl (C=O) groups excluding carboxylic acids is 1. The number of alkyl halides is 3. The van der Waals surface area contributed by atoms with Crippen molar-refractivity contribution in [2.75, 3.05) is 36.7 Å². The van der Waals surface area contributed by atoms with Gasteiger partial charge in [-0.25, -0.2) is 0 Å². The molecule has 0 fully saturated rings. The molecule has 1 amide bonds. The summed E-state index contributed by atoms with van der Waals surface area (Å²) in [6.07, 6.45) is -4.54. The van der Waals surface area contributed by atoms with Crippen molar-refractivity contribution in [3.8, 4) is 5.75 Å². The molecule has 0 spiro atoms. The first-order chi connectivity index (χ1) is 11.8. The highest BCUT2D eigenvalue weighted by atomic mass is 32.2. The zero-order chi connectivity index (χ0) is 18.4. The lowest BCUT2D eigenvalue weighted by molar-refractivity contribution is -0.131. The summed E-state index contributed by atoms with van der Waals surface area (Å²) in [6, 6.07) is 6.08. The molecule has 0 atom stereocenters. The molecule has 2 rings (SSSR count). The van der Waals surface area contributed by atoms with E-state index in [1.807, 2.05) is 0 Å². The number of benzene rings is 1. The largest absolute Gasteiger partial charge is 0.495 e. The van der Waals surface area contributed by atoms with E-state index >= 15 is 0 Å². The van der Waals surface area contributed by atoms with Gasteiger partial charge in [-0.2, -0.15) is 13.2 Å². The number of halogens is 3. The van der Waals surface area contributed by atoms with Gasteiger partial charge in [0.05, 0.1) is 18.6 Å². The lowest BCUT2D eigenvalue weighted by atomic mass is 10.2. The Hall–Kier alpha value is -2.01. The topological polar surface area (TPSA) is 67.4 Å². The zero-order valence-electron chi connectivity index (χ0n) is 13.3. The van der Waals surface area contributed by atoms with Gasteiger partial charge in [0.1, 0.15) is 12.3 Å². The summed E-state index contributed by atoms with van der Waals surface area (Å²) in [6.45, 7) is -1.40. The van der Waals surface area contributed by atoms with Crippen LogP contribution in [0.1, 0.15) is 0 Å². The quantitative estimate of drug-likeness (QED) is 0.730. The Kier molecular flexibility index (Phi) is 6.48. The lowest BCUT2D eigenvalue weighted by Crippen LogP contribution is -2.40. The second kappa shape index (κ2) is 8.39. The average molecular weight is 392 g/mol. The van der Waals surface area contributed by atoms with E-state index in [2.05, 4.69) is 15.5 Å². The van der Waals surface area contributed by atoms with E-state index in [1.165, 1.54) is 30.6 Å². The number of thioether (sulfide) groups is 1. The SMILES string of the molecule is CNc1nnc(SCC(=O)N(CC(F)(F)F)c2ccccc2OC)s1. The summed E-state index contributed by atoms with van der Waals surface area (Å²) in [7, 11) is 3.01. The molecule has 136 valence electrons. The monoisotopic (exact) mass is 392 g/mol. The molecule has 1 heterocycles. The number of para-hydroxylation sites is 2. The van der Waals surface area contributed by atoms with E-state index < -0.39 is 18.6 Å². The molecule has 0 radical (unpaired) electrons. The molecular weight excluding hydrogens is 377 g/mol. The van der Waals surface area contributed by atoms with Gasteiger partial charge in [0.15, 0.2) is 4.34 Å². The summed E-state index contributed by atoms with van der Waals surface area (Å²) in [5, 5.41) is 11.0. The fourth-order valence-electron chi connectivity index (χ4n) is 1.91. The molecule has 1 N–H and O–H groups in total. The molecule has 0 saturated carbocycles. The molecule has 0 aliphatic rings. The first kappa shape index (κ1) is 19.3. The average Bonchev–Trinajstić information content (AvgIpc) is 3.05. The third-order valence-electron chi connectivity index (χ3n) is 2.95. The second-order valence-electron chi connectivity index (χ2n) is 4.68. The van der Waals surface area contributed by atoms with Gasteiger partial charge >= 0.3 is 6.18 Å². The van der Waals surface area contributed by atoms with Crippen LogP contribution in [0.15, 0.2) is 28.6 Å². The number of amides is 1. The van der Waals surface area contributed by atoms with Crippen LogP contribution < -0.4 is 15.0 Å². The number of carbonyl (C=O) groups is 1. The number of nitrogens with one attached hydrogen (secondary N) is 1. The van der Waals surface area contributed by atoms with Gasteiger partial charge in [-0.1, -0.05) is 35.2 Å². The Morgan fingerprint density at radius 3 is 2.68 bits per heavy atom. The number of anilines is 2. The van der Waals surface area contributed by atoms with Crippen molar-refractivity contribution in [3.05, 3.63) is 24.3 Å². The standard InChI is InChI=1S/C14H15F3N4O2S2/c1-18-12-19-20-13(25-12)24-7-11(22)21(8-14(15,16)17)9-5-3-4-6-10(9)23-2/h3-6H,7-8H2,1-2H3,(H,18,19). The Bertz CT molecular complexity index is 724. The molecule has 0 bridgehead atoms. The van der Waals surface area contributed by atoms with Crippen LogP contribution in [0, 0.1) is 0 Å². The minimum atomic E-state index is -4.54. The van der Waals surface area contributed by atoms with Crippen molar-refractivity contribution < 1.29 is 22.7 Å². The smallest absolute Gasteiger partial charge is 0.406 e. The first-order valence-electron chi connectivity index (χ1n) is 6.98. The van der Waals surface area contributed by atoms with E-state index in [1.54, 1.807) is 19.2 Å². The van der Waals surface area contributed by atoms with Crippen molar-refractivity contribution >= 4 is 39.8 Å². The molecule has 2 aromatic rings. The minimum Gasteiger partial charge on any atom is -0.495 e. The number of hydrogen-bond donors (Lipinski definition) is 1. The van der Waals surface area contributed by atoms with Crippen LogP contribution in [-0.4, -0.2) is 48.7 Å². The Balaban J connectivity index is 2.18. The summed E-state index contributed by atoms with van der Waals surface area (Å²) in [4.78, 5) is 13.1. The molecule has 1 aromatic heterocycles. The maximum absolute atomic E-state index is 12.9. The van der Waals surface area contributed by atoms with Crippen LogP contribution in [0.3, 0.4) is 0 Å². The Morgan fingerprint density at radius 1 is 1.36 bits per heavy atom. The van der Waals surface area contributed by atoms with Crippen LogP contribution >= 0.6 is 23.1 Å². The van der Waals surface area contributed by atoms with Crippen LogP contribution in [0.2, 0.25) is 0 Å². The van der Waals surface area contributed by atoms with E-state index in [4.69, 9.17) is 4.74 Å². The van der Waals surface area contributed by atoms with Gasteiger partial charge in [-0.3, -0.25) is 9.69 Å². The highest BCUT2D eigenvalue weighted by molar-refractivity contribution is 8.01. The fourth-order valence-corrected chi connectivity index (χ4v) is 3.49. The predicted molar refractivity (Wildman–Crippen MR) is 91.6 cm³/mol. The summed E-state index contributed by atoms with van der Waals surface area (Å²) in [5.41, 5.74) is 0.0705. The minimum absolute atomic E-state index is 0.0705. The molecule has 0 saturated heterocycles. The van der Waals surface area contributed by atoms with Gasteiger partial charge in [0, 0.05) is 7.05 Å². The van der Waals surface area contributed by atoms with Crippen LogP contribution in [0.25, 0.3) is 0 Å². The summed E-state index contributed by atoms with van der Waals surface area (Å²) in [5.74, 6) is -0.710. The van der Waals surface area contributed by atoms with Crippen molar-refractivity contribution in [3.63, 3.8) is 0 Å². The second-order valence-corrected chi connectivity index (χ2v) is 6.88. The normalized spacial score (nSPS) is 11.2. The number of methoxy groups -OCH3 is 1. The van der Waals surface area contributed by atoms with Gasteiger partial charge in [-0.15, -0.1) is 10.2 Å². The number of rotatable bonds is 7. The first-order valence-corrected chi connectivity index (χ1v) is 8.78. The number of nitrogens with zero attached hydrogens (tertiary/aromatic N) is 3. The number of ether oxygens (including phenoxy) is 1. The third kappa shape index (κ3) is 5.49. The summed E-state index contributed by atoms with van der Waals surface area (Å²) < 4.78 is 44.4. The molecule has 25 heavy (non-hydrogen) atoms. The number of aromatic nitrogens is 2. The zero-order valence-corrected chi connectivity index (χ0v) is 15.0. The van der Waals surface area contributed by atoms with Gasteiger partial charge in [-0.05, 0) is 12.1 Å². The lowest BCUT2D eigenvalue weighted by Gasteiger charge is -2.25. The van der Waals surface area contributed by atoms with Crippen LogP contribution in [0.4, 0.5) is 24.0 Å². The van der Waals surface area contributed by atoms with Crippen molar-refractivity contribution in [2.45, 2.75) is 10.5 Å². The van der Waals surface area contributed by atoms with Crippen LogP contribution in [-0.2, 0) is 4.79 Å². The molecule has 11 heteroatoms. The Labute approximate surface area is 150 Å². The Morgan fingerprint density at radius 2 is 2.08 bits per heavy atom. The van der Waals surface area contributed by atoms with E-state index in [0.717, 1.165) is 11.8 Å². The maximum Gasteiger partial charge on any atom is 0.406 e. The third-order valence-corrected chi connectivity index (χ3v) is 5.01. The van der Waals surface area contributed by atoms with Crippen molar-refractivity contribution in [2.24, 2.45) is 0 Å². The van der Waals surface area contributed by atoms with Crippen molar-refractivity contribution in [1.82, 2.24) is 10.2 Å². The molecule has 1 aromatic carbocycles. The fraction of sp³-hybridized carbons (Fsp3) is 0.357. The maximum atomic E-state index is 12.9. The highest BCUT2D eigenvalue weighted by Gasteiger charge is 2.35. The van der Waals surface area contributed by atoms with Crippen LogP contribution in [0.5, 0.6) is 5.75 Å². The van der Waals surface area contributed by atoms with E-state index in [-0.39, 0.29) is 17.2 Å². The predicted octanol–water partition coefficient (Wildman–Crippen LogP) is 3.28. The molecule has 6 nitrogen and oxygen atoms in total. The van der Waals surface area contributed by atoms with Gasteiger partial charge < -0.3 is 10.1 Å².